The lowest BCUT2D eigenvalue weighted by Gasteiger charge is -2.09. The van der Waals surface area contributed by atoms with Gasteiger partial charge in [0.2, 0.25) is 5.88 Å². The van der Waals surface area contributed by atoms with Gasteiger partial charge < -0.3 is 9.84 Å². The van der Waals surface area contributed by atoms with E-state index in [1.165, 1.54) is 12.1 Å². The van der Waals surface area contributed by atoms with E-state index in [9.17, 15) is 4.39 Å². The van der Waals surface area contributed by atoms with Crippen molar-refractivity contribution in [3.05, 3.63) is 52.4 Å². The van der Waals surface area contributed by atoms with Gasteiger partial charge in [-0.05, 0) is 40.2 Å². The maximum absolute atomic E-state index is 13.1. The summed E-state index contributed by atoms with van der Waals surface area (Å²) in [6.07, 6.45) is 1.54. The quantitative estimate of drug-likeness (QED) is 0.945. The van der Waals surface area contributed by atoms with E-state index in [1.54, 1.807) is 24.4 Å². The number of hydrogen-bond donors (Lipinski definition) is 1. The Hall–Kier alpha value is -1.46. The summed E-state index contributed by atoms with van der Waals surface area (Å²) >= 11 is 3.25. The normalized spacial score (nSPS) is 10.3. The lowest BCUT2D eigenvalue weighted by Crippen LogP contribution is -1.95. The first-order valence-corrected chi connectivity index (χ1v) is 5.67. The molecule has 1 aromatic heterocycles. The van der Waals surface area contributed by atoms with Gasteiger partial charge in [-0.25, -0.2) is 9.37 Å². The summed E-state index contributed by atoms with van der Waals surface area (Å²) < 4.78 is 19.1. The first kappa shape index (κ1) is 12.0. The molecule has 0 radical (unpaired) electrons. The van der Waals surface area contributed by atoms with Crippen LogP contribution in [0.2, 0.25) is 0 Å². The number of benzene rings is 1. The molecule has 3 nitrogen and oxygen atoms in total. The van der Waals surface area contributed by atoms with Gasteiger partial charge in [0.15, 0.2) is 0 Å². The molecule has 2 aromatic rings. The van der Waals surface area contributed by atoms with Gasteiger partial charge in [-0.15, -0.1) is 0 Å². The van der Waals surface area contributed by atoms with E-state index in [1.807, 2.05) is 0 Å². The van der Waals surface area contributed by atoms with E-state index in [0.717, 1.165) is 0 Å². The standard InChI is InChI=1S/C12H9BrFNO2/c13-10-4-3-9(14)6-11(10)17-12-8(7-16)2-1-5-15-12/h1-6,16H,7H2. The number of aliphatic hydroxyl groups is 1. The van der Waals surface area contributed by atoms with Crippen LogP contribution in [0.1, 0.15) is 5.56 Å². The van der Waals surface area contributed by atoms with Gasteiger partial charge >= 0.3 is 0 Å². The fourth-order valence-electron chi connectivity index (χ4n) is 1.30. The van der Waals surface area contributed by atoms with Gasteiger partial charge in [0.25, 0.3) is 0 Å². The van der Waals surface area contributed by atoms with E-state index in [2.05, 4.69) is 20.9 Å². The van der Waals surface area contributed by atoms with Crippen LogP contribution in [-0.2, 0) is 6.61 Å². The number of halogens is 2. The molecule has 5 heteroatoms. The first-order valence-electron chi connectivity index (χ1n) is 4.88. The Morgan fingerprint density at radius 2 is 2.18 bits per heavy atom. The van der Waals surface area contributed by atoms with Crippen LogP contribution in [0.5, 0.6) is 11.6 Å². The molecule has 0 amide bonds. The monoisotopic (exact) mass is 297 g/mol. The predicted molar refractivity (Wildman–Crippen MR) is 64.3 cm³/mol. The third kappa shape index (κ3) is 2.81. The molecule has 0 aliphatic rings. The second-order valence-electron chi connectivity index (χ2n) is 3.30. The molecule has 0 saturated carbocycles. The number of pyridine rings is 1. The van der Waals surface area contributed by atoms with Crippen molar-refractivity contribution in [2.75, 3.05) is 0 Å². The summed E-state index contributed by atoms with van der Waals surface area (Å²) in [4.78, 5) is 3.99. The smallest absolute Gasteiger partial charge is 0.224 e. The number of aliphatic hydroxyl groups excluding tert-OH is 1. The molecule has 1 heterocycles. The van der Waals surface area contributed by atoms with E-state index >= 15 is 0 Å². The number of ether oxygens (including phenoxy) is 1. The number of rotatable bonds is 3. The maximum atomic E-state index is 13.1. The van der Waals surface area contributed by atoms with Crippen LogP contribution < -0.4 is 4.74 Å². The minimum absolute atomic E-state index is 0.184. The van der Waals surface area contributed by atoms with Crippen molar-refractivity contribution < 1.29 is 14.2 Å². The number of hydrogen-bond acceptors (Lipinski definition) is 3. The molecule has 1 aromatic carbocycles. The van der Waals surface area contributed by atoms with Gasteiger partial charge in [-0.2, -0.15) is 0 Å². The Kier molecular flexibility index (Phi) is 3.71. The molecule has 0 fully saturated rings. The highest BCUT2D eigenvalue weighted by molar-refractivity contribution is 9.10. The van der Waals surface area contributed by atoms with Gasteiger partial charge in [0, 0.05) is 17.8 Å². The lowest BCUT2D eigenvalue weighted by molar-refractivity contribution is 0.275. The van der Waals surface area contributed by atoms with Crippen molar-refractivity contribution >= 4 is 15.9 Å². The SMILES string of the molecule is OCc1cccnc1Oc1cc(F)ccc1Br. The van der Waals surface area contributed by atoms with Crippen LogP contribution in [0, 0.1) is 5.82 Å². The highest BCUT2D eigenvalue weighted by Crippen LogP contribution is 2.30. The summed E-state index contributed by atoms with van der Waals surface area (Å²) in [7, 11) is 0. The van der Waals surface area contributed by atoms with Crippen LogP contribution in [0.25, 0.3) is 0 Å². The van der Waals surface area contributed by atoms with Crippen molar-refractivity contribution in [3.63, 3.8) is 0 Å². The Morgan fingerprint density at radius 3 is 2.94 bits per heavy atom. The van der Waals surface area contributed by atoms with E-state index in [-0.39, 0.29) is 12.5 Å². The van der Waals surface area contributed by atoms with Crippen LogP contribution in [0.3, 0.4) is 0 Å². The summed E-state index contributed by atoms with van der Waals surface area (Å²) in [5.41, 5.74) is 0.545. The van der Waals surface area contributed by atoms with Crippen LogP contribution in [0.15, 0.2) is 41.0 Å². The van der Waals surface area contributed by atoms with Crippen LogP contribution in [0.4, 0.5) is 4.39 Å². The molecule has 17 heavy (non-hydrogen) atoms. The Labute approximate surface area is 106 Å². The fraction of sp³-hybridized carbons (Fsp3) is 0.0833. The van der Waals surface area contributed by atoms with Crippen molar-refractivity contribution in [2.24, 2.45) is 0 Å². The van der Waals surface area contributed by atoms with Crippen molar-refractivity contribution in [1.29, 1.82) is 0 Å². The third-order valence-corrected chi connectivity index (χ3v) is 2.78. The topological polar surface area (TPSA) is 42.4 Å². The summed E-state index contributed by atoms with van der Waals surface area (Å²) in [5, 5.41) is 9.11. The minimum Gasteiger partial charge on any atom is -0.437 e. The van der Waals surface area contributed by atoms with E-state index in [0.29, 0.717) is 15.8 Å². The zero-order chi connectivity index (χ0) is 12.3. The molecule has 0 unspecified atom stereocenters. The first-order chi connectivity index (χ1) is 8.20. The molecular weight excluding hydrogens is 289 g/mol. The average Bonchev–Trinajstić information content (AvgIpc) is 2.34. The van der Waals surface area contributed by atoms with Crippen molar-refractivity contribution in [2.45, 2.75) is 6.61 Å². The van der Waals surface area contributed by atoms with Crippen molar-refractivity contribution in [1.82, 2.24) is 4.98 Å². The van der Waals surface area contributed by atoms with Gasteiger partial charge in [-0.1, -0.05) is 0 Å². The van der Waals surface area contributed by atoms with Gasteiger partial charge in [-0.3, -0.25) is 0 Å². The number of nitrogens with zero attached hydrogens (tertiary/aromatic N) is 1. The Balaban J connectivity index is 2.34. The van der Waals surface area contributed by atoms with E-state index < -0.39 is 5.82 Å². The molecule has 2 rings (SSSR count). The van der Waals surface area contributed by atoms with Crippen molar-refractivity contribution in [3.8, 4) is 11.6 Å². The van der Waals surface area contributed by atoms with Crippen LogP contribution in [-0.4, -0.2) is 10.1 Å². The lowest BCUT2D eigenvalue weighted by atomic mass is 10.3. The zero-order valence-corrected chi connectivity index (χ0v) is 10.3. The molecule has 0 aliphatic heterocycles. The highest BCUT2D eigenvalue weighted by Gasteiger charge is 2.08. The highest BCUT2D eigenvalue weighted by atomic mass is 79.9. The zero-order valence-electron chi connectivity index (χ0n) is 8.73. The molecule has 0 aliphatic carbocycles. The van der Waals surface area contributed by atoms with Crippen LogP contribution >= 0.6 is 15.9 Å². The largest absolute Gasteiger partial charge is 0.437 e. The predicted octanol–water partition coefficient (Wildman–Crippen LogP) is 3.27. The molecular formula is C12H9BrFNO2. The average molecular weight is 298 g/mol. The van der Waals surface area contributed by atoms with E-state index in [4.69, 9.17) is 9.84 Å². The molecule has 1 N–H and O–H groups in total. The maximum Gasteiger partial charge on any atom is 0.224 e. The minimum atomic E-state index is -0.398. The third-order valence-electron chi connectivity index (χ3n) is 2.12. The summed E-state index contributed by atoms with van der Waals surface area (Å²) in [6, 6.07) is 7.50. The molecule has 88 valence electrons. The summed E-state index contributed by atoms with van der Waals surface area (Å²) in [5.74, 6) is 0.185. The molecule has 0 saturated heterocycles. The molecule has 0 atom stereocenters. The second-order valence-corrected chi connectivity index (χ2v) is 4.16. The summed E-state index contributed by atoms with van der Waals surface area (Å²) in [6.45, 7) is -0.184. The Morgan fingerprint density at radius 1 is 1.35 bits per heavy atom. The number of aromatic nitrogens is 1. The molecule has 0 spiro atoms. The van der Waals surface area contributed by atoms with Gasteiger partial charge in [0.1, 0.15) is 11.6 Å². The second kappa shape index (κ2) is 5.25. The Bertz CT molecular complexity index is 534. The fourth-order valence-corrected chi connectivity index (χ4v) is 1.62. The van der Waals surface area contributed by atoms with Gasteiger partial charge in [0.05, 0.1) is 11.1 Å². The molecule has 0 bridgehead atoms.